The Morgan fingerprint density at radius 1 is 1.24 bits per heavy atom. The molecule has 0 amide bonds. The van der Waals surface area contributed by atoms with Gasteiger partial charge in [-0.1, -0.05) is 18.2 Å². The third-order valence-electron chi connectivity index (χ3n) is 2.81. The summed E-state index contributed by atoms with van der Waals surface area (Å²) in [6.45, 7) is 0. The van der Waals surface area contributed by atoms with Crippen molar-refractivity contribution in [1.29, 1.82) is 0 Å². The van der Waals surface area contributed by atoms with Crippen molar-refractivity contribution in [1.82, 2.24) is 4.98 Å². The van der Waals surface area contributed by atoms with Crippen LogP contribution in [0.4, 0.5) is 4.39 Å². The first-order valence-electron chi connectivity index (χ1n) is 6.28. The summed E-state index contributed by atoms with van der Waals surface area (Å²) in [6, 6.07) is 10.00. The van der Waals surface area contributed by atoms with E-state index < -0.39 is 10.8 Å². The van der Waals surface area contributed by atoms with Crippen LogP contribution in [0.15, 0.2) is 52.5 Å². The molecular weight excluding hydrogens is 309 g/mol. The lowest BCUT2D eigenvalue weighted by Gasteiger charge is -2.00. The monoisotopic (exact) mass is 321 g/mol. The summed E-state index contributed by atoms with van der Waals surface area (Å²) in [6.07, 6.45) is 1.53. The van der Waals surface area contributed by atoms with Gasteiger partial charge in [-0.25, -0.2) is 9.37 Å². The highest BCUT2D eigenvalue weighted by Crippen LogP contribution is 2.24. The van der Waals surface area contributed by atoms with Crippen LogP contribution in [-0.2, 0) is 22.3 Å². The van der Waals surface area contributed by atoms with Gasteiger partial charge in [0, 0.05) is 16.6 Å². The first kappa shape index (κ1) is 14.2. The zero-order chi connectivity index (χ0) is 14.7. The number of thiophene rings is 1. The molecule has 0 saturated heterocycles. The second-order valence-electron chi connectivity index (χ2n) is 4.48. The van der Waals surface area contributed by atoms with E-state index in [1.807, 2.05) is 17.5 Å². The Morgan fingerprint density at radius 2 is 2.14 bits per heavy atom. The first-order chi connectivity index (χ1) is 10.2. The van der Waals surface area contributed by atoms with Gasteiger partial charge in [0.15, 0.2) is 0 Å². The Bertz CT molecular complexity index is 753. The molecule has 0 spiro atoms. The topological polar surface area (TPSA) is 43.1 Å². The molecule has 2 heterocycles. The minimum Gasteiger partial charge on any atom is -0.444 e. The van der Waals surface area contributed by atoms with E-state index in [-0.39, 0.29) is 5.82 Å². The summed E-state index contributed by atoms with van der Waals surface area (Å²) in [4.78, 5) is 5.27. The molecule has 21 heavy (non-hydrogen) atoms. The Balaban J connectivity index is 1.65. The van der Waals surface area contributed by atoms with Crippen molar-refractivity contribution in [3.8, 4) is 10.8 Å². The molecule has 0 bridgehead atoms. The summed E-state index contributed by atoms with van der Waals surface area (Å²) < 4.78 is 30.6. The van der Waals surface area contributed by atoms with Crippen LogP contribution in [0.5, 0.6) is 0 Å². The molecule has 0 saturated carbocycles. The third-order valence-corrected chi connectivity index (χ3v) is 4.94. The predicted octanol–water partition coefficient (Wildman–Crippen LogP) is 3.99. The number of hydrogen-bond acceptors (Lipinski definition) is 4. The second kappa shape index (κ2) is 6.32. The van der Waals surface area contributed by atoms with E-state index in [4.69, 9.17) is 4.42 Å². The molecule has 0 radical (unpaired) electrons. The molecule has 0 N–H and O–H groups in total. The van der Waals surface area contributed by atoms with Crippen LogP contribution in [0.1, 0.15) is 11.3 Å². The van der Waals surface area contributed by atoms with Crippen molar-refractivity contribution < 1.29 is 13.0 Å². The smallest absolute Gasteiger partial charge is 0.236 e. The molecule has 0 aliphatic rings. The maximum atomic E-state index is 13.1. The van der Waals surface area contributed by atoms with Gasteiger partial charge >= 0.3 is 0 Å². The van der Waals surface area contributed by atoms with Gasteiger partial charge < -0.3 is 4.42 Å². The van der Waals surface area contributed by atoms with Crippen LogP contribution >= 0.6 is 11.3 Å². The van der Waals surface area contributed by atoms with E-state index in [1.165, 1.54) is 29.7 Å². The van der Waals surface area contributed by atoms with Crippen LogP contribution in [0.2, 0.25) is 0 Å². The highest BCUT2D eigenvalue weighted by Gasteiger charge is 2.11. The number of hydrogen-bond donors (Lipinski definition) is 0. The standard InChI is InChI=1S/C15H12FNO2S2/c16-12-4-1-3-11(7-12)9-21(18)10-13-8-19-15(17-13)14-5-2-6-20-14/h1-8H,9-10H2/t21-/m0/s1. The molecule has 3 aromatic rings. The second-order valence-corrected chi connectivity index (χ2v) is 6.88. The van der Waals surface area contributed by atoms with Gasteiger partial charge in [0.1, 0.15) is 12.1 Å². The SMILES string of the molecule is O=[S@@](Cc1cccc(F)c1)Cc1coc(-c2cccs2)n1. The maximum absolute atomic E-state index is 13.1. The van der Waals surface area contributed by atoms with Gasteiger partial charge in [-0.2, -0.15) is 0 Å². The number of nitrogens with zero attached hydrogens (tertiary/aromatic N) is 1. The summed E-state index contributed by atoms with van der Waals surface area (Å²) in [5.74, 6) is 0.832. The van der Waals surface area contributed by atoms with Crippen LogP contribution in [0.25, 0.3) is 10.8 Å². The molecule has 0 aliphatic heterocycles. The number of aromatic nitrogens is 1. The Morgan fingerprint density at radius 3 is 2.90 bits per heavy atom. The summed E-state index contributed by atoms with van der Waals surface area (Å²) in [7, 11) is -1.15. The van der Waals surface area contributed by atoms with Crippen LogP contribution in [0.3, 0.4) is 0 Å². The molecule has 1 aromatic carbocycles. The summed E-state index contributed by atoms with van der Waals surface area (Å²) >= 11 is 1.54. The van der Waals surface area contributed by atoms with Crippen molar-refractivity contribution >= 4 is 22.1 Å². The minimum absolute atomic E-state index is 0.297. The highest BCUT2D eigenvalue weighted by atomic mass is 32.2. The molecule has 0 unspecified atom stereocenters. The molecule has 2 aromatic heterocycles. The number of benzene rings is 1. The summed E-state index contributed by atoms with van der Waals surface area (Å²) in [5.41, 5.74) is 1.36. The Kier molecular flexibility index (Phi) is 4.26. The van der Waals surface area contributed by atoms with E-state index in [2.05, 4.69) is 4.98 Å². The highest BCUT2D eigenvalue weighted by molar-refractivity contribution is 7.83. The lowest BCUT2D eigenvalue weighted by Crippen LogP contribution is -2.00. The van der Waals surface area contributed by atoms with E-state index in [9.17, 15) is 8.60 Å². The fraction of sp³-hybridized carbons (Fsp3) is 0.133. The van der Waals surface area contributed by atoms with Crippen molar-refractivity contribution in [2.45, 2.75) is 11.5 Å². The van der Waals surface area contributed by atoms with Gasteiger partial charge in [-0.05, 0) is 29.1 Å². The summed E-state index contributed by atoms with van der Waals surface area (Å²) in [5, 5.41) is 1.95. The predicted molar refractivity (Wildman–Crippen MR) is 81.8 cm³/mol. The lowest BCUT2D eigenvalue weighted by molar-refractivity contribution is 0.574. The van der Waals surface area contributed by atoms with Gasteiger partial charge in [-0.3, -0.25) is 4.21 Å². The Labute approximate surface area is 127 Å². The molecule has 3 rings (SSSR count). The van der Waals surface area contributed by atoms with E-state index in [1.54, 1.807) is 12.1 Å². The average Bonchev–Trinajstić information content (AvgIpc) is 3.08. The van der Waals surface area contributed by atoms with Crippen LogP contribution < -0.4 is 0 Å². The molecule has 0 fully saturated rings. The van der Waals surface area contributed by atoms with Gasteiger partial charge in [0.05, 0.1) is 16.3 Å². The molecule has 1 atom stereocenters. The first-order valence-corrected chi connectivity index (χ1v) is 8.65. The lowest BCUT2D eigenvalue weighted by atomic mass is 10.2. The van der Waals surface area contributed by atoms with Crippen molar-refractivity contribution in [3.05, 3.63) is 65.1 Å². The van der Waals surface area contributed by atoms with Crippen molar-refractivity contribution in [3.63, 3.8) is 0 Å². The molecule has 3 nitrogen and oxygen atoms in total. The van der Waals surface area contributed by atoms with Gasteiger partial charge in [0.25, 0.3) is 0 Å². The van der Waals surface area contributed by atoms with E-state index >= 15 is 0 Å². The van der Waals surface area contributed by atoms with Crippen molar-refractivity contribution in [2.75, 3.05) is 0 Å². The molecule has 0 aliphatic carbocycles. The number of halogens is 1. The molecule has 108 valence electrons. The van der Waals surface area contributed by atoms with Gasteiger partial charge in [-0.15, -0.1) is 11.3 Å². The molecule has 6 heteroatoms. The minimum atomic E-state index is -1.15. The zero-order valence-electron chi connectivity index (χ0n) is 11.0. The quantitative estimate of drug-likeness (QED) is 0.713. The van der Waals surface area contributed by atoms with Gasteiger partial charge in [0.2, 0.25) is 5.89 Å². The maximum Gasteiger partial charge on any atom is 0.236 e. The normalized spacial score (nSPS) is 12.4. The van der Waals surface area contributed by atoms with Crippen LogP contribution in [0, 0.1) is 5.82 Å². The fourth-order valence-electron chi connectivity index (χ4n) is 1.92. The zero-order valence-corrected chi connectivity index (χ0v) is 12.6. The molecular formula is C15H12FNO2S2. The largest absolute Gasteiger partial charge is 0.444 e. The van der Waals surface area contributed by atoms with E-state index in [0.29, 0.717) is 23.1 Å². The number of rotatable bonds is 5. The Hall–Kier alpha value is -1.79. The fourth-order valence-corrected chi connectivity index (χ4v) is 3.69. The van der Waals surface area contributed by atoms with Crippen LogP contribution in [-0.4, -0.2) is 9.19 Å². The van der Waals surface area contributed by atoms with Crippen molar-refractivity contribution in [2.24, 2.45) is 0 Å². The third kappa shape index (κ3) is 3.65. The van der Waals surface area contributed by atoms with E-state index in [0.717, 1.165) is 10.4 Å². The average molecular weight is 321 g/mol. The number of oxazole rings is 1.